The molecule has 2 aromatic heterocycles. The molecule has 0 unspecified atom stereocenters. The Morgan fingerprint density at radius 2 is 1.77 bits per heavy atom. The first-order chi connectivity index (χ1) is 16.7. The van der Waals surface area contributed by atoms with Crippen molar-refractivity contribution in [3.8, 4) is 22.8 Å². The standard InChI is InChI=1S/C28H29ClN4O2/c1-16(2)26-30-14-19(5)25(32-26)22-11-10-18(4)23(13-22)33-20(6)31-27(24(29)28(33)34)35-15-21-9-7-8-17(3)12-21/h7-14,16H,15H2,1-6H3. The van der Waals surface area contributed by atoms with Gasteiger partial charge in [0.2, 0.25) is 5.88 Å². The quantitative estimate of drug-likeness (QED) is 0.319. The number of hydrogen-bond donors (Lipinski definition) is 0. The van der Waals surface area contributed by atoms with Gasteiger partial charge in [-0.25, -0.2) is 9.97 Å². The SMILES string of the molecule is Cc1cccc(COc2nc(C)n(-c3cc(-c4nc(C(C)C)ncc4C)ccc3C)c(=O)c2Cl)c1. The first-order valence-corrected chi connectivity index (χ1v) is 12.0. The molecule has 4 rings (SSSR count). The summed E-state index contributed by atoms with van der Waals surface area (Å²) in [7, 11) is 0. The van der Waals surface area contributed by atoms with E-state index in [1.54, 1.807) is 6.92 Å². The van der Waals surface area contributed by atoms with Crippen molar-refractivity contribution in [1.29, 1.82) is 0 Å². The molecule has 6 nitrogen and oxygen atoms in total. The molecule has 0 saturated heterocycles. The van der Waals surface area contributed by atoms with Crippen molar-refractivity contribution in [2.75, 3.05) is 0 Å². The third-order valence-corrected chi connectivity index (χ3v) is 6.18. The van der Waals surface area contributed by atoms with Crippen LogP contribution in [0.25, 0.3) is 16.9 Å². The molecule has 7 heteroatoms. The van der Waals surface area contributed by atoms with Crippen molar-refractivity contribution in [1.82, 2.24) is 19.5 Å². The van der Waals surface area contributed by atoms with E-state index >= 15 is 0 Å². The summed E-state index contributed by atoms with van der Waals surface area (Å²) in [5.41, 5.74) is 6.06. The molecule has 0 fully saturated rings. The highest BCUT2D eigenvalue weighted by molar-refractivity contribution is 6.31. The fraction of sp³-hybridized carbons (Fsp3) is 0.286. The molecule has 0 aliphatic carbocycles. The van der Waals surface area contributed by atoms with E-state index in [-0.39, 0.29) is 29.0 Å². The number of rotatable bonds is 6. The van der Waals surface area contributed by atoms with Crippen LogP contribution in [0.5, 0.6) is 5.88 Å². The van der Waals surface area contributed by atoms with Gasteiger partial charge >= 0.3 is 0 Å². The summed E-state index contributed by atoms with van der Waals surface area (Å²) in [6.45, 7) is 12.1. The molecule has 0 spiro atoms. The zero-order chi connectivity index (χ0) is 25.3. The van der Waals surface area contributed by atoms with Gasteiger partial charge in [0.1, 0.15) is 18.3 Å². The molecule has 0 aliphatic heterocycles. The Kier molecular flexibility index (Phi) is 7.03. The summed E-state index contributed by atoms with van der Waals surface area (Å²) >= 11 is 6.47. The second-order valence-electron chi connectivity index (χ2n) is 9.11. The van der Waals surface area contributed by atoms with Crippen LogP contribution < -0.4 is 10.3 Å². The van der Waals surface area contributed by atoms with Crippen LogP contribution in [0.1, 0.15) is 53.7 Å². The molecule has 0 amide bonds. The number of nitrogens with zero attached hydrogens (tertiary/aromatic N) is 4. The largest absolute Gasteiger partial charge is 0.472 e. The van der Waals surface area contributed by atoms with E-state index in [0.717, 1.165) is 39.3 Å². The van der Waals surface area contributed by atoms with Crippen LogP contribution in [0, 0.1) is 27.7 Å². The molecule has 0 saturated carbocycles. The third kappa shape index (κ3) is 5.13. The van der Waals surface area contributed by atoms with Gasteiger partial charge in [-0.2, -0.15) is 4.98 Å². The summed E-state index contributed by atoms with van der Waals surface area (Å²) < 4.78 is 7.36. The lowest BCUT2D eigenvalue weighted by Gasteiger charge is -2.17. The second kappa shape index (κ2) is 10.0. The van der Waals surface area contributed by atoms with Crippen molar-refractivity contribution < 1.29 is 4.74 Å². The molecule has 180 valence electrons. The van der Waals surface area contributed by atoms with E-state index < -0.39 is 0 Å². The lowest BCUT2D eigenvalue weighted by Crippen LogP contribution is -2.24. The highest BCUT2D eigenvalue weighted by Gasteiger charge is 2.18. The minimum absolute atomic E-state index is 0.0478. The van der Waals surface area contributed by atoms with Gasteiger partial charge in [0.05, 0.1) is 11.4 Å². The predicted molar refractivity (Wildman–Crippen MR) is 140 cm³/mol. The van der Waals surface area contributed by atoms with Crippen LogP contribution in [0.2, 0.25) is 5.02 Å². The Labute approximate surface area is 210 Å². The van der Waals surface area contributed by atoms with Crippen LogP contribution in [-0.2, 0) is 6.61 Å². The summed E-state index contributed by atoms with van der Waals surface area (Å²) in [5.74, 6) is 1.61. The summed E-state index contributed by atoms with van der Waals surface area (Å²) in [6.07, 6.45) is 1.84. The smallest absolute Gasteiger partial charge is 0.280 e. The molecule has 2 aromatic carbocycles. The minimum Gasteiger partial charge on any atom is -0.472 e. The van der Waals surface area contributed by atoms with Crippen molar-refractivity contribution in [3.05, 3.63) is 97.9 Å². The molecule has 0 aliphatic rings. The van der Waals surface area contributed by atoms with Gasteiger partial charge in [-0.05, 0) is 50.5 Å². The van der Waals surface area contributed by atoms with Gasteiger partial charge in [-0.3, -0.25) is 9.36 Å². The number of hydrogen-bond acceptors (Lipinski definition) is 5. The average Bonchev–Trinajstić information content (AvgIpc) is 2.82. The Morgan fingerprint density at radius 3 is 2.49 bits per heavy atom. The molecular weight excluding hydrogens is 460 g/mol. The Balaban J connectivity index is 1.75. The monoisotopic (exact) mass is 488 g/mol. The Morgan fingerprint density at radius 1 is 1.00 bits per heavy atom. The van der Waals surface area contributed by atoms with Crippen LogP contribution >= 0.6 is 11.6 Å². The van der Waals surface area contributed by atoms with E-state index in [2.05, 4.69) is 23.8 Å². The normalized spacial score (nSPS) is 11.2. The van der Waals surface area contributed by atoms with Crippen LogP contribution in [0.4, 0.5) is 0 Å². The van der Waals surface area contributed by atoms with Crippen LogP contribution in [0.3, 0.4) is 0 Å². The molecule has 4 aromatic rings. The topological polar surface area (TPSA) is 69.9 Å². The number of halogens is 1. The van der Waals surface area contributed by atoms with E-state index in [1.165, 1.54) is 4.57 Å². The maximum Gasteiger partial charge on any atom is 0.280 e. The molecule has 0 atom stereocenters. The minimum atomic E-state index is -0.374. The zero-order valence-corrected chi connectivity index (χ0v) is 21.6. The maximum absolute atomic E-state index is 13.4. The summed E-state index contributed by atoms with van der Waals surface area (Å²) in [4.78, 5) is 27.1. The van der Waals surface area contributed by atoms with Crippen LogP contribution in [-0.4, -0.2) is 19.5 Å². The van der Waals surface area contributed by atoms with E-state index in [4.69, 9.17) is 21.3 Å². The fourth-order valence-electron chi connectivity index (χ4n) is 3.94. The predicted octanol–water partition coefficient (Wildman–Crippen LogP) is 6.28. The summed E-state index contributed by atoms with van der Waals surface area (Å²) in [6, 6.07) is 13.9. The Hall–Kier alpha value is -3.51. The second-order valence-corrected chi connectivity index (χ2v) is 9.49. The first kappa shape index (κ1) is 24.6. The van der Waals surface area contributed by atoms with Crippen LogP contribution in [0.15, 0.2) is 53.5 Å². The molecule has 0 radical (unpaired) electrons. The van der Waals surface area contributed by atoms with Gasteiger partial charge in [-0.1, -0.05) is 67.4 Å². The number of aromatic nitrogens is 4. The number of aryl methyl sites for hydroxylation is 4. The number of ether oxygens (including phenoxy) is 1. The maximum atomic E-state index is 13.4. The van der Waals surface area contributed by atoms with Gasteiger partial charge in [0, 0.05) is 17.7 Å². The van der Waals surface area contributed by atoms with Gasteiger partial charge in [0.15, 0.2) is 5.02 Å². The summed E-state index contributed by atoms with van der Waals surface area (Å²) in [5, 5.41) is -0.0478. The van der Waals surface area contributed by atoms with Crippen molar-refractivity contribution in [3.63, 3.8) is 0 Å². The fourth-order valence-corrected chi connectivity index (χ4v) is 4.12. The first-order valence-electron chi connectivity index (χ1n) is 11.6. The lowest BCUT2D eigenvalue weighted by molar-refractivity contribution is 0.291. The third-order valence-electron chi connectivity index (χ3n) is 5.85. The highest BCUT2D eigenvalue weighted by Crippen LogP contribution is 2.28. The van der Waals surface area contributed by atoms with Gasteiger partial charge in [-0.15, -0.1) is 0 Å². The van der Waals surface area contributed by atoms with E-state index in [0.29, 0.717) is 11.5 Å². The van der Waals surface area contributed by atoms with Crippen molar-refractivity contribution in [2.45, 2.75) is 54.1 Å². The van der Waals surface area contributed by atoms with Crippen molar-refractivity contribution in [2.24, 2.45) is 0 Å². The molecule has 0 bridgehead atoms. The molecule has 35 heavy (non-hydrogen) atoms. The van der Waals surface area contributed by atoms with E-state index in [9.17, 15) is 4.79 Å². The zero-order valence-electron chi connectivity index (χ0n) is 20.9. The lowest BCUT2D eigenvalue weighted by atomic mass is 10.0. The van der Waals surface area contributed by atoms with E-state index in [1.807, 2.05) is 69.4 Å². The number of benzene rings is 2. The van der Waals surface area contributed by atoms with Gasteiger partial charge < -0.3 is 4.74 Å². The molecule has 2 heterocycles. The Bertz CT molecular complexity index is 1460. The van der Waals surface area contributed by atoms with Gasteiger partial charge in [0.25, 0.3) is 5.56 Å². The van der Waals surface area contributed by atoms with Crippen molar-refractivity contribution >= 4 is 11.6 Å². The average molecular weight is 489 g/mol. The molecular formula is C28H29ClN4O2. The highest BCUT2D eigenvalue weighted by atomic mass is 35.5. The molecule has 0 N–H and O–H groups in total.